The zero-order valence-corrected chi connectivity index (χ0v) is 8.03. The predicted octanol–water partition coefficient (Wildman–Crippen LogP) is 0.478. The van der Waals surface area contributed by atoms with Gasteiger partial charge in [-0.15, -0.1) is 0 Å². The Balaban J connectivity index is 2.31. The van der Waals surface area contributed by atoms with Gasteiger partial charge in [0.2, 0.25) is 0 Å². The fourth-order valence-corrected chi connectivity index (χ4v) is 1.50. The van der Waals surface area contributed by atoms with E-state index in [-0.39, 0.29) is 18.6 Å². The topological polar surface area (TPSA) is 55.8 Å². The number of carbonyl (C=O) groups excluding carboxylic acids is 1. The number of hydrogen-bond acceptors (Lipinski definition) is 4. The lowest BCUT2D eigenvalue weighted by Crippen LogP contribution is -2.28. The van der Waals surface area contributed by atoms with Gasteiger partial charge in [0, 0.05) is 0 Å². The van der Waals surface area contributed by atoms with Gasteiger partial charge < -0.3 is 14.6 Å². The summed E-state index contributed by atoms with van der Waals surface area (Å²) in [7, 11) is 1.31. The average Bonchev–Trinajstić information content (AvgIpc) is 2.51. The predicted molar refractivity (Wildman–Crippen MR) is 46.2 cm³/mol. The minimum atomic E-state index is -0.725. The van der Waals surface area contributed by atoms with Crippen LogP contribution in [0.4, 0.5) is 0 Å². The van der Waals surface area contributed by atoms with Crippen molar-refractivity contribution in [3.05, 3.63) is 0 Å². The molecule has 3 atom stereocenters. The maximum atomic E-state index is 10.8. The average molecular weight is 188 g/mol. The number of carbonyl (C=O) groups is 1. The molecule has 4 heteroatoms. The summed E-state index contributed by atoms with van der Waals surface area (Å²) in [4.78, 5) is 10.8. The first-order valence-electron chi connectivity index (χ1n) is 4.54. The van der Waals surface area contributed by atoms with Crippen LogP contribution < -0.4 is 0 Å². The van der Waals surface area contributed by atoms with E-state index in [1.807, 2.05) is 6.92 Å². The van der Waals surface area contributed by atoms with Crippen LogP contribution in [0.3, 0.4) is 0 Å². The van der Waals surface area contributed by atoms with E-state index in [2.05, 4.69) is 4.74 Å². The largest absolute Gasteiger partial charge is 0.469 e. The molecule has 1 saturated heterocycles. The van der Waals surface area contributed by atoms with Gasteiger partial charge in [-0.1, -0.05) is 0 Å². The van der Waals surface area contributed by atoms with Crippen LogP contribution in [-0.4, -0.2) is 36.5 Å². The molecule has 0 aliphatic carbocycles. The Bertz CT molecular complexity index is 180. The molecule has 0 bridgehead atoms. The van der Waals surface area contributed by atoms with Crippen molar-refractivity contribution >= 4 is 5.97 Å². The number of hydrogen-bond donors (Lipinski definition) is 1. The molecule has 0 amide bonds. The van der Waals surface area contributed by atoms with Crippen LogP contribution in [-0.2, 0) is 14.3 Å². The molecule has 0 aromatic heterocycles. The number of aliphatic hydroxyl groups excluding tert-OH is 1. The second kappa shape index (κ2) is 4.58. The van der Waals surface area contributed by atoms with Gasteiger partial charge in [0.1, 0.15) is 0 Å². The lowest BCUT2D eigenvalue weighted by molar-refractivity contribution is -0.145. The highest BCUT2D eigenvalue weighted by molar-refractivity contribution is 5.69. The number of ether oxygens (including phenoxy) is 2. The van der Waals surface area contributed by atoms with Crippen LogP contribution in [0.15, 0.2) is 0 Å². The second-order valence-electron chi connectivity index (χ2n) is 3.41. The van der Waals surface area contributed by atoms with E-state index in [9.17, 15) is 9.90 Å². The molecular formula is C9H16O4. The summed E-state index contributed by atoms with van der Waals surface area (Å²) in [5.74, 6) is -0.393. The standard InChI is InChI=1S/C9H16O4/c1-6-3-4-8(13-6)7(10)5-9(11)12-2/h6-8,10H,3-5H2,1-2H3/t6-,7+,8?/m1/s1. The number of rotatable bonds is 3. The number of esters is 1. The molecule has 1 aliphatic heterocycles. The molecule has 1 heterocycles. The fraction of sp³-hybridized carbons (Fsp3) is 0.889. The van der Waals surface area contributed by atoms with Crippen molar-refractivity contribution < 1.29 is 19.4 Å². The van der Waals surface area contributed by atoms with Crippen LogP contribution in [0, 0.1) is 0 Å². The molecule has 1 fully saturated rings. The Morgan fingerprint density at radius 2 is 2.38 bits per heavy atom. The van der Waals surface area contributed by atoms with E-state index < -0.39 is 12.1 Å². The monoisotopic (exact) mass is 188 g/mol. The normalized spacial score (nSPS) is 30.1. The molecule has 1 aliphatic rings. The first-order chi connectivity index (χ1) is 6.13. The highest BCUT2D eigenvalue weighted by Gasteiger charge is 2.29. The molecule has 0 aromatic carbocycles. The third-order valence-electron chi connectivity index (χ3n) is 2.30. The Morgan fingerprint density at radius 3 is 2.85 bits per heavy atom. The number of aliphatic hydroxyl groups is 1. The van der Waals surface area contributed by atoms with Gasteiger partial charge in [-0.3, -0.25) is 4.79 Å². The van der Waals surface area contributed by atoms with Crippen molar-refractivity contribution in [2.45, 2.75) is 44.5 Å². The second-order valence-corrected chi connectivity index (χ2v) is 3.41. The molecule has 0 radical (unpaired) electrons. The first kappa shape index (κ1) is 10.5. The molecular weight excluding hydrogens is 172 g/mol. The summed E-state index contributed by atoms with van der Waals surface area (Å²) in [5, 5.41) is 9.54. The molecule has 1 N–H and O–H groups in total. The Labute approximate surface area is 77.8 Å². The summed E-state index contributed by atoms with van der Waals surface area (Å²) in [5.41, 5.74) is 0. The van der Waals surface area contributed by atoms with Gasteiger partial charge in [0.25, 0.3) is 0 Å². The van der Waals surface area contributed by atoms with Crippen molar-refractivity contribution in [1.29, 1.82) is 0 Å². The van der Waals surface area contributed by atoms with Crippen molar-refractivity contribution in [1.82, 2.24) is 0 Å². The lowest BCUT2D eigenvalue weighted by atomic mass is 10.1. The zero-order valence-electron chi connectivity index (χ0n) is 8.03. The molecule has 0 spiro atoms. The van der Waals surface area contributed by atoms with Gasteiger partial charge in [0.05, 0.1) is 31.8 Å². The van der Waals surface area contributed by atoms with Crippen LogP contribution in [0.1, 0.15) is 26.2 Å². The molecule has 1 rings (SSSR count). The SMILES string of the molecule is COC(=O)C[C@H](O)C1CC[C@@H](C)O1. The van der Waals surface area contributed by atoms with Crippen LogP contribution in [0.25, 0.3) is 0 Å². The molecule has 0 aromatic rings. The van der Waals surface area contributed by atoms with Crippen molar-refractivity contribution in [3.63, 3.8) is 0 Å². The lowest BCUT2D eigenvalue weighted by Gasteiger charge is -2.16. The highest BCUT2D eigenvalue weighted by atomic mass is 16.5. The highest BCUT2D eigenvalue weighted by Crippen LogP contribution is 2.23. The Hall–Kier alpha value is -0.610. The van der Waals surface area contributed by atoms with Gasteiger partial charge in [-0.2, -0.15) is 0 Å². The van der Waals surface area contributed by atoms with Gasteiger partial charge >= 0.3 is 5.97 Å². The van der Waals surface area contributed by atoms with Crippen LogP contribution >= 0.6 is 0 Å². The summed E-state index contributed by atoms with van der Waals surface area (Å²) >= 11 is 0. The van der Waals surface area contributed by atoms with Gasteiger partial charge in [-0.05, 0) is 19.8 Å². The van der Waals surface area contributed by atoms with Crippen LogP contribution in [0.2, 0.25) is 0 Å². The maximum Gasteiger partial charge on any atom is 0.308 e. The van der Waals surface area contributed by atoms with Gasteiger partial charge in [0.15, 0.2) is 0 Å². The summed E-state index contributed by atoms with van der Waals surface area (Å²) in [6.07, 6.45) is 1.06. The number of methoxy groups -OCH3 is 1. The molecule has 4 nitrogen and oxygen atoms in total. The quantitative estimate of drug-likeness (QED) is 0.654. The molecule has 13 heavy (non-hydrogen) atoms. The van der Waals surface area contributed by atoms with Crippen molar-refractivity contribution in [3.8, 4) is 0 Å². The Morgan fingerprint density at radius 1 is 1.69 bits per heavy atom. The van der Waals surface area contributed by atoms with E-state index in [1.54, 1.807) is 0 Å². The Kier molecular flexibility index (Phi) is 3.69. The third kappa shape index (κ3) is 2.97. The molecule has 76 valence electrons. The smallest absolute Gasteiger partial charge is 0.308 e. The summed E-state index contributed by atoms with van der Waals surface area (Å²) in [6, 6.07) is 0. The summed E-state index contributed by atoms with van der Waals surface area (Å²) in [6.45, 7) is 1.96. The van der Waals surface area contributed by atoms with E-state index >= 15 is 0 Å². The minimum Gasteiger partial charge on any atom is -0.469 e. The van der Waals surface area contributed by atoms with E-state index in [0.717, 1.165) is 12.8 Å². The zero-order chi connectivity index (χ0) is 9.84. The van der Waals surface area contributed by atoms with E-state index in [4.69, 9.17) is 4.74 Å². The third-order valence-corrected chi connectivity index (χ3v) is 2.30. The van der Waals surface area contributed by atoms with Crippen molar-refractivity contribution in [2.24, 2.45) is 0 Å². The summed E-state index contributed by atoms with van der Waals surface area (Å²) < 4.78 is 9.86. The maximum absolute atomic E-state index is 10.8. The van der Waals surface area contributed by atoms with Crippen LogP contribution in [0.5, 0.6) is 0 Å². The van der Waals surface area contributed by atoms with E-state index in [0.29, 0.717) is 0 Å². The van der Waals surface area contributed by atoms with Gasteiger partial charge in [-0.25, -0.2) is 0 Å². The van der Waals surface area contributed by atoms with E-state index in [1.165, 1.54) is 7.11 Å². The molecule has 1 unspecified atom stereocenters. The molecule has 0 saturated carbocycles. The van der Waals surface area contributed by atoms with Crippen molar-refractivity contribution in [2.75, 3.05) is 7.11 Å². The minimum absolute atomic E-state index is 0.0217. The first-order valence-corrected chi connectivity index (χ1v) is 4.54. The fourth-order valence-electron chi connectivity index (χ4n) is 1.50.